The first kappa shape index (κ1) is 18.1. The molecule has 0 saturated heterocycles. The summed E-state index contributed by atoms with van der Waals surface area (Å²) in [5.41, 5.74) is 2.64. The first-order valence-corrected chi connectivity index (χ1v) is 9.52. The average Bonchev–Trinajstić information content (AvgIpc) is 3.50. The van der Waals surface area contributed by atoms with Crippen molar-refractivity contribution in [3.05, 3.63) is 82.3 Å². The van der Waals surface area contributed by atoms with Crippen LogP contribution in [0.1, 0.15) is 30.1 Å². The van der Waals surface area contributed by atoms with Crippen LogP contribution in [0.4, 0.5) is 5.69 Å². The zero-order valence-electron chi connectivity index (χ0n) is 16.1. The third-order valence-corrected chi connectivity index (χ3v) is 5.16. The molecule has 0 bridgehead atoms. The molecule has 144 valence electrons. The van der Waals surface area contributed by atoms with Crippen LogP contribution in [-0.4, -0.2) is 21.3 Å². The molecule has 1 atom stereocenters. The van der Waals surface area contributed by atoms with E-state index >= 15 is 0 Å². The van der Waals surface area contributed by atoms with Crippen LogP contribution in [0, 0.1) is 6.92 Å². The van der Waals surface area contributed by atoms with Crippen molar-refractivity contribution in [2.45, 2.75) is 31.8 Å². The Balaban J connectivity index is 1.73. The molecule has 2 aromatic carbocycles. The lowest BCUT2D eigenvalue weighted by Crippen LogP contribution is -2.36. The van der Waals surface area contributed by atoms with Crippen LogP contribution < -0.4 is 16.2 Å². The lowest BCUT2D eigenvalue weighted by molar-refractivity contribution is -0.122. The van der Waals surface area contributed by atoms with Gasteiger partial charge in [0, 0.05) is 13.1 Å². The molecule has 1 aliphatic carbocycles. The predicted octanol–water partition coefficient (Wildman–Crippen LogP) is 2.92. The first-order valence-electron chi connectivity index (χ1n) is 9.52. The number of rotatable bonds is 6. The van der Waals surface area contributed by atoms with Gasteiger partial charge in [-0.05, 0) is 37.5 Å². The van der Waals surface area contributed by atoms with E-state index in [1.54, 1.807) is 9.36 Å². The summed E-state index contributed by atoms with van der Waals surface area (Å²) in [7, 11) is 1.84. The highest BCUT2D eigenvalue weighted by Gasteiger charge is 2.30. The molecule has 4 rings (SSSR count). The normalized spacial score (nSPS) is 14.5. The van der Waals surface area contributed by atoms with Crippen LogP contribution in [0.25, 0.3) is 5.69 Å². The largest absolute Gasteiger partial charge is 0.364 e. The van der Waals surface area contributed by atoms with Crippen molar-refractivity contribution >= 4 is 11.6 Å². The van der Waals surface area contributed by atoms with Gasteiger partial charge in [-0.15, -0.1) is 0 Å². The summed E-state index contributed by atoms with van der Waals surface area (Å²) in [6, 6.07) is 18.6. The summed E-state index contributed by atoms with van der Waals surface area (Å²) in [4.78, 5) is 26.1. The molecule has 0 aliphatic heterocycles. The van der Waals surface area contributed by atoms with Crippen molar-refractivity contribution < 1.29 is 4.79 Å². The van der Waals surface area contributed by atoms with Gasteiger partial charge in [-0.1, -0.05) is 48.5 Å². The Morgan fingerprint density at radius 1 is 1.04 bits per heavy atom. The van der Waals surface area contributed by atoms with Crippen LogP contribution in [0.15, 0.2) is 65.5 Å². The van der Waals surface area contributed by atoms with Gasteiger partial charge in [-0.25, -0.2) is 4.68 Å². The highest BCUT2D eigenvalue weighted by atomic mass is 16.2. The summed E-state index contributed by atoms with van der Waals surface area (Å²) in [5, 5.41) is 6.28. The summed E-state index contributed by atoms with van der Waals surface area (Å²) in [5.74, 6) is -0.109. The van der Waals surface area contributed by atoms with Crippen molar-refractivity contribution in [2.75, 3.05) is 5.32 Å². The molecule has 2 N–H and O–H groups in total. The number of para-hydroxylation sites is 1. The fourth-order valence-corrected chi connectivity index (χ4v) is 3.34. The SMILES string of the molecule is Cc1c(N[C@@H](C(=O)NC2CC2)c2ccccc2)c(=O)n(-c2ccccc2)n1C. The van der Waals surface area contributed by atoms with Gasteiger partial charge in [-0.3, -0.25) is 14.3 Å². The number of aromatic nitrogens is 2. The zero-order chi connectivity index (χ0) is 19.7. The van der Waals surface area contributed by atoms with E-state index in [2.05, 4.69) is 10.6 Å². The number of anilines is 1. The van der Waals surface area contributed by atoms with Gasteiger partial charge in [0.1, 0.15) is 11.7 Å². The number of carbonyl (C=O) groups is 1. The van der Waals surface area contributed by atoms with Gasteiger partial charge in [-0.2, -0.15) is 0 Å². The van der Waals surface area contributed by atoms with Crippen molar-refractivity contribution in [2.24, 2.45) is 7.05 Å². The highest BCUT2D eigenvalue weighted by Crippen LogP contribution is 2.24. The standard InChI is InChI=1S/C22H24N4O2/c1-15-19(22(28)26(25(15)2)18-11-7-4-8-12-18)24-20(16-9-5-3-6-10-16)21(27)23-17-13-14-17/h3-12,17,20,24H,13-14H2,1-2H3,(H,23,27)/t20-/m1/s1. The Morgan fingerprint density at radius 2 is 1.64 bits per heavy atom. The predicted molar refractivity (Wildman–Crippen MR) is 110 cm³/mol. The number of carbonyl (C=O) groups excluding carboxylic acids is 1. The topological polar surface area (TPSA) is 68.1 Å². The third kappa shape index (κ3) is 3.45. The van der Waals surface area contributed by atoms with E-state index in [1.165, 1.54) is 0 Å². The molecule has 3 aromatic rings. The van der Waals surface area contributed by atoms with E-state index in [0.29, 0.717) is 5.69 Å². The molecule has 0 spiro atoms. The van der Waals surface area contributed by atoms with Gasteiger partial charge in [0.15, 0.2) is 0 Å². The van der Waals surface area contributed by atoms with Crippen LogP contribution in [0.5, 0.6) is 0 Å². The second-order valence-electron chi connectivity index (χ2n) is 7.21. The minimum Gasteiger partial charge on any atom is -0.364 e. The molecule has 1 aromatic heterocycles. The molecular weight excluding hydrogens is 352 g/mol. The number of hydrogen-bond acceptors (Lipinski definition) is 3. The van der Waals surface area contributed by atoms with Crippen LogP contribution >= 0.6 is 0 Å². The Bertz CT molecular complexity index is 1030. The third-order valence-electron chi connectivity index (χ3n) is 5.16. The minimum atomic E-state index is -0.625. The average molecular weight is 376 g/mol. The fourth-order valence-electron chi connectivity index (χ4n) is 3.34. The molecule has 6 nitrogen and oxygen atoms in total. The maximum Gasteiger partial charge on any atom is 0.295 e. The maximum atomic E-state index is 13.2. The second kappa shape index (κ2) is 7.38. The Kier molecular flexibility index (Phi) is 4.77. The van der Waals surface area contributed by atoms with E-state index < -0.39 is 6.04 Å². The smallest absolute Gasteiger partial charge is 0.295 e. The Hall–Kier alpha value is -3.28. The molecule has 1 heterocycles. The minimum absolute atomic E-state index is 0.109. The van der Waals surface area contributed by atoms with Crippen LogP contribution in [0.2, 0.25) is 0 Å². The highest BCUT2D eigenvalue weighted by molar-refractivity contribution is 5.86. The Morgan fingerprint density at radius 3 is 2.25 bits per heavy atom. The van der Waals surface area contributed by atoms with Crippen molar-refractivity contribution in [1.29, 1.82) is 0 Å². The summed E-state index contributed by atoms with van der Waals surface area (Å²) in [6.45, 7) is 1.88. The van der Waals surface area contributed by atoms with Crippen molar-refractivity contribution in [3.8, 4) is 5.69 Å². The van der Waals surface area contributed by atoms with Crippen molar-refractivity contribution in [1.82, 2.24) is 14.7 Å². The molecule has 1 saturated carbocycles. The molecule has 1 amide bonds. The lowest BCUT2D eigenvalue weighted by atomic mass is 10.1. The van der Waals surface area contributed by atoms with Gasteiger partial charge >= 0.3 is 0 Å². The molecule has 28 heavy (non-hydrogen) atoms. The molecule has 0 radical (unpaired) electrons. The van der Waals surface area contributed by atoms with Gasteiger partial charge in [0.2, 0.25) is 5.91 Å². The van der Waals surface area contributed by atoms with E-state index in [1.807, 2.05) is 74.6 Å². The molecular formula is C22H24N4O2. The maximum absolute atomic E-state index is 13.2. The number of amides is 1. The molecule has 1 fully saturated rings. The quantitative estimate of drug-likeness (QED) is 0.695. The Labute approximate surface area is 163 Å². The van der Waals surface area contributed by atoms with Gasteiger partial charge in [0.25, 0.3) is 5.56 Å². The van der Waals surface area contributed by atoms with Crippen LogP contribution in [-0.2, 0) is 11.8 Å². The van der Waals surface area contributed by atoms with E-state index in [9.17, 15) is 9.59 Å². The van der Waals surface area contributed by atoms with E-state index in [-0.39, 0.29) is 17.5 Å². The summed E-state index contributed by atoms with van der Waals surface area (Å²) >= 11 is 0. The summed E-state index contributed by atoms with van der Waals surface area (Å²) < 4.78 is 3.42. The fraction of sp³-hybridized carbons (Fsp3) is 0.273. The van der Waals surface area contributed by atoms with Crippen LogP contribution in [0.3, 0.4) is 0 Å². The van der Waals surface area contributed by atoms with Crippen molar-refractivity contribution in [3.63, 3.8) is 0 Å². The second-order valence-corrected chi connectivity index (χ2v) is 7.21. The number of nitrogens with one attached hydrogen (secondary N) is 2. The lowest BCUT2D eigenvalue weighted by Gasteiger charge is -2.19. The summed E-state index contributed by atoms with van der Waals surface area (Å²) in [6.07, 6.45) is 2.02. The van der Waals surface area contributed by atoms with Gasteiger partial charge in [0.05, 0.1) is 11.4 Å². The van der Waals surface area contributed by atoms with Gasteiger partial charge < -0.3 is 10.6 Å². The first-order chi connectivity index (χ1) is 13.6. The monoisotopic (exact) mass is 376 g/mol. The van der Waals surface area contributed by atoms with E-state index in [0.717, 1.165) is 29.8 Å². The van der Waals surface area contributed by atoms with E-state index in [4.69, 9.17) is 0 Å². The molecule has 6 heteroatoms. The molecule has 1 aliphatic rings. The number of nitrogens with zero attached hydrogens (tertiary/aromatic N) is 2. The number of benzene rings is 2. The zero-order valence-corrected chi connectivity index (χ0v) is 16.1. The number of hydrogen-bond donors (Lipinski definition) is 2. The molecule has 0 unspecified atom stereocenters.